The van der Waals surface area contributed by atoms with E-state index in [1.165, 1.54) is 30.4 Å². The van der Waals surface area contributed by atoms with Crippen LogP contribution < -0.4 is 5.32 Å². The average Bonchev–Trinajstić information content (AvgIpc) is 2.28. The Balaban J connectivity index is 2.18. The number of aryl methyl sites for hydroxylation is 2. The summed E-state index contributed by atoms with van der Waals surface area (Å²) >= 11 is 0. The number of unbranched alkanes of at least 4 members (excludes halogenated alkanes) is 1. The lowest BCUT2D eigenvalue weighted by Gasteiger charge is -2.20. The summed E-state index contributed by atoms with van der Waals surface area (Å²) in [5.41, 5.74) is 3.16. The van der Waals surface area contributed by atoms with Gasteiger partial charge in [0.2, 0.25) is 0 Å². The Labute approximate surface area is 107 Å². The zero-order valence-electron chi connectivity index (χ0n) is 11.8. The fourth-order valence-electron chi connectivity index (χ4n) is 1.86. The molecule has 0 heterocycles. The lowest BCUT2D eigenvalue weighted by molar-refractivity contribution is 0.419. The fraction of sp³-hybridized carbons (Fsp3) is 0.625. The predicted octanol–water partition coefficient (Wildman–Crippen LogP) is 3.96. The van der Waals surface area contributed by atoms with Gasteiger partial charge in [-0.25, -0.2) is 0 Å². The molecule has 0 atom stereocenters. The summed E-state index contributed by atoms with van der Waals surface area (Å²) in [4.78, 5) is 0. The van der Waals surface area contributed by atoms with E-state index in [-0.39, 0.29) is 5.54 Å². The zero-order valence-corrected chi connectivity index (χ0v) is 11.8. The molecule has 1 heteroatoms. The maximum absolute atomic E-state index is 3.53. The summed E-state index contributed by atoms with van der Waals surface area (Å²) in [6.45, 7) is 9.98. The number of hydrogen-bond donors (Lipinski definition) is 1. The molecule has 0 fully saturated rings. The smallest absolute Gasteiger partial charge is 0.00965 e. The molecule has 0 aliphatic rings. The van der Waals surface area contributed by atoms with E-state index in [1.807, 2.05) is 0 Å². The van der Waals surface area contributed by atoms with Crippen molar-refractivity contribution in [2.24, 2.45) is 0 Å². The minimum atomic E-state index is 0.253. The van der Waals surface area contributed by atoms with Crippen LogP contribution in [-0.2, 0) is 12.8 Å². The lowest BCUT2D eigenvalue weighted by Crippen LogP contribution is -2.36. The second kappa shape index (κ2) is 6.80. The molecular weight excluding hydrogens is 206 g/mol. The molecule has 0 aliphatic carbocycles. The van der Waals surface area contributed by atoms with Crippen LogP contribution in [-0.4, -0.2) is 12.1 Å². The van der Waals surface area contributed by atoms with E-state index >= 15 is 0 Å². The van der Waals surface area contributed by atoms with E-state index in [0.29, 0.717) is 0 Å². The Bertz CT molecular complexity index is 305. The zero-order chi connectivity index (χ0) is 12.7. The van der Waals surface area contributed by atoms with E-state index in [2.05, 4.69) is 57.3 Å². The van der Waals surface area contributed by atoms with E-state index < -0.39 is 0 Å². The molecule has 1 aromatic carbocycles. The van der Waals surface area contributed by atoms with Gasteiger partial charge in [0.15, 0.2) is 0 Å². The minimum Gasteiger partial charge on any atom is -0.312 e. The van der Waals surface area contributed by atoms with Crippen LogP contribution in [0.3, 0.4) is 0 Å². The second-order valence-electron chi connectivity index (χ2n) is 5.80. The molecule has 1 N–H and O–H groups in total. The molecule has 0 aliphatic heterocycles. The molecule has 0 aromatic heterocycles. The molecule has 1 aromatic rings. The molecule has 17 heavy (non-hydrogen) atoms. The normalized spacial score (nSPS) is 11.8. The molecule has 96 valence electrons. The van der Waals surface area contributed by atoms with Crippen molar-refractivity contribution < 1.29 is 0 Å². The van der Waals surface area contributed by atoms with Gasteiger partial charge in [-0.1, -0.05) is 31.2 Å². The minimum absolute atomic E-state index is 0.253. The molecule has 1 rings (SSSR count). The van der Waals surface area contributed by atoms with Crippen molar-refractivity contribution in [3.63, 3.8) is 0 Å². The predicted molar refractivity (Wildman–Crippen MR) is 76.5 cm³/mol. The average molecular weight is 233 g/mol. The summed E-state index contributed by atoms with van der Waals surface area (Å²) in [6.07, 6.45) is 4.87. The number of rotatable bonds is 6. The highest BCUT2D eigenvalue weighted by atomic mass is 14.9. The summed E-state index contributed by atoms with van der Waals surface area (Å²) in [5, 5.41) is 3.53. The first-order valence-corrected chi connectivity index (χ1v) is 6.84. The van der Waals surface area contributed by atoms with Crippen LogP contribution in [0.2, 0.25) is 0 Å². The van der Waals surface area contributed by atoms with Crippen LogP contribution in [0.1, 0.15) is 51.7 Å². The maximum atomic E-state index is 3.53. The van der Waals surface area contributed by atoms with Crippen LogP contribution in [0.4, 0.5) is 0 Å². The molecule has 0 amide bonds. The van der Waals surface area contributed by atoms with Crippen LogP contribution in [0.15, 0.2) is 24.3 Å². The largest absolute Gasteiger partial charge is 0.312 e. The van der Waals surface area contributed by atoms with Crippen molar-refractivity contribution in [1.82, 2.24) is 5.32 Å². The van der Waals surface area contributed by atoms with Gasteiger partial charge in [-0.2, -0.15) is 0 Å². The Kier molecular flexibility index (Phi) is 5.70. The van der Waals surface area contributed by atoms with Crippen LogP contribution in [0.5, 0.6) is 0 Å². The first-order valence-electron chi connectivity index (χ1n) is 6.84. The topological polar surface area (TPSA) is 12.0 Å². The highest BCUT2D eigenvalue weighted by Gasteiger charge is 2.06. The van der Waals surface area contributed by atoms with Gasteiger partial charge in [-0.3, -0.25) is 0 Å². The van der Waals surface area contributed by atoms with Crippen molar-refractivity contribution >= 4 is 0 Å². The molecule has 0 radical (unpaired) electrons. The summed E-state index contributed by atoms with van der Waals surface area (Å²) < 4.78 is 0. The molecule has 0 unspecified atom stereocenters. The molecular formula is C16H27N. The van der Waals surface area contributed by atoms with E-state index in [1.54, 1.807) is 0 Å². The third-order valence-corrected chi connectivity index (χ3v) is 2.98. The van der Waals surface area contributed by atoms with Crippen LogP contribution in [0.25, 0.3) is 0 Å². The number of nitrogens with one attached hydrogen (secondary N) is 1. The van der Waals surface area contributed by atoms with Crippen molar-refractivity contribution in [3.8, 4) is 0 Å². The second-order valence-corrected chi connectivity index (χ2v) is 5.80. The Morgan fingerprint density at radius 2 is 1.53 bits per heavy atom. The highest BCUT2D eigenvalue weighted by Crippen LogP contribution is 2.08. The molecule has 0 bridgehead atoms. The SMILES string of the molecule is CCc1ccc(CCCCNC(C)(C)C)cc1. The summed E-state index contributed by atoms with van der Waals surface area (Å²) in [5.74, 6) is 0. The van der Waals surface area contributed by atoms with Crippen molar-refractivity contribution in [2.45, 2.75) is 58.9 Å². The molecule has 0 spiro atoms. The Hall–Kier alpha value is -0.820. The fourth-order valence-corrected chi connectivity index (χ4v) is 1.86. The van der Waals surface area contributed by atoms with Crippen molar-refractivity contribution in [1.29, 1.82) is 0 Å². The van der Waals surface area contributed by atoms with Gasteiger partial charge < -0.3 is 5.32 Å². The van der Waals surface area contributed by atoms with Gasteiger partial charge in [0.1, 0.15) is 0 Å². The highest BCUT2D eigenvalue weighted by molar-refractivity contribution is 5.22. The van der Waals surface area contributed by atoms with E-state index in [0.717, 1.165) is 13.0 Å². The van der Waals surface area contributed by atoms with Gasteiger partial charge in [-0.05, 0) is 64.1 Å². The Morgan fingerprint density at radius 1 is 0.941 bits per heavy atom. The van der Waals surface area contributed by atoms with Gasteiger partial charge in [0, 0.05) is 5.54 Å². The molecule has 1 nitrogen and oxygen atoms in total. The van der Waals surface area contributed by atoms with E-state index in [9.17, 15) is 0 Å². The van der Waals surface area contributed by atoms with Crippen molar-refractivity contribution in [2.75, 3.05) is 6.54 Å². The van der Waals surface area contributed by atoms with Crippen LogP contribution >= 0.6 is 0 Å². The molecule has 0 saturated carbocycles. The monoisotopic (exact) mass is 233 g/mol. The van der Waals surface area contributed by atoms with Crippen LogP contribution in [0, 0.1) is 0 Å². The number of benzene rings is 1. The lowest BCUT2D eigenvalue weighted by atomic mass is 10.0. The first-order chi connectivity index (χ1) is 8.01. The standard InChI is InChI=1S/C16H27N/c1-5-14-9-11-15(12-10-14)8-6-7-13-17-16(2,3)4/h9-12,17H,5-8,13H2,1-4H3. The third kappa shape index (κ3) is 6.48. The van der Waals surface area contributed by atoms with Gasteiger partial charge in [0.05, 0.1) is 0 Å². The maximum Gasteiger partial charge on any atom is 0.00965 e. The summed E-state index contributed by atoms with van der Waals surface area (Å²) in [6, 6.07) is 9.05. The van der Waals surface area contributed by atoms with Gasteiger partial charge in [-0.15, -0.1) is 0 Å². The van der Waals surface area contributed by atoms with E-state index in [4.69, 9.17) is 0 Å². The summed E-state index contributed by atoms with van der Waals surface area (Å²) in [7, 11) is 0. The third-order valence-electron chi connectivity index (χ3n) is 2.98. The van der Waals surface area contributed by atoms with Gasteiger partial charge >= 0.3 is 0 Å². The van der Waals surface area contributed by atoms with Crippen molar-refractivity contribution in [3.05, 3.63) is 35.4 Å². The van der Waals surface area contributed by atoms with Gasteiger partial charge in [0.25, 0.3) is 0 Å². The Morgan fingerprint density at radius 3 is 2.06 bits per heavy atom. The number of hydrogen-bond acceptors (Lipinski definition) is 1. The first kappa shape index (κ1) is 14.2. The quantitative estimate of drug-likeness (QED) is 0.733. The molecule has 0 saturated heterocycles.